The van der Waals surface area contributed by atoms with Crippen LogP contribution in [0.15, 0.2) is 24.3 Å². The summed E-state index contributed by atoms with van der Waals surface area (Å²) >= 11 is 1.36. The number of rotatable bonds is 6. The molecule has 0 unspecified atom stereocenters. The summed E-state index contributed by atoms with van der Waals surface area (Å²) < 4.78 is 65.8. The van der Waals surface area contributed by atoms with Gasteiger partial charge in [0.1, 0.15) is 11.7 Å². The van der Waals surface area contributed by atoms with Gasteiger partial charge in [-0.15, -0.1) is 11.3 Å². The van der Waals surface area contributed by atoms with Crippen LogP contribution >= 0.6 is 11.3 Å². The van der Waals surface area contributed by atoms with Crippen molar-refractivity contribution in [1.82, 2.24) is 10.3 Å². The average Bonchev–Trinajstić information content (AvgIpc) is 3.54. The molecule has 3 aliphatic carbocycles. The van der Waals surface area contributed by atoms with Gasteiger partial charge >= 0.3 is 0 Å². The normalized spacial score (nSPS) is 28.8. The van der Waals surface area contributed by atoms with Crippen LogP contribution in [0.3, 0.4) is 0 Å². The van der Waals surface area contributed by atoms with Crippen LogP contribution in [0.5, 0.6) is 0 Å². The van der Waals surface area contributed by atoms with E-state index < -0.39 is 39.3 Å². The summed E-state index contributed by atoms with van der Waals surface area (Å²) in [4.78, 5) is 21.0. The lowest BCUT2D eigenvalue weighted by atomic mass is 9.75. The van der Waals surface area contributed by atoms with Crippen molar-refractivity contribution in [1.29, 1.82) is 5.26 Å². The van der Waals surface area contributed by atoms with Gasteiger partial charge < -0.3 is 10.2 Å². The third-order valence-electron chi connectivity index (χ3n) is 8.75. The molecule has 4 aliphatic rings. The minimum atomic E-state index is -3.01. The zero-order chi connectivity index (χ0) is 28.3. The monoisotopic (exact) mass is 592 g/mol. The number of hydrogen-bond donors (Lipinski definition) is 1. The van der Waals surface area contributed by atoms with Crippen LogP contribution in [-0.4, -0.2) is 61.5 Å². The Kier molecular flexibility index (Phi) is 6.89. The molecule has 0 spiro atoms. The molecule has 1 saturated heterocycles. The number of amides is 1. The Balaban J connectivity index is 1.31. The highest BCUT2D eigenvalue weighted by Crippen LogP contribution is 2.52. The first-order valence-corrected chi connectivity index (χ1v) is 16.4. The lowest BCUT2D eigenvalue weighted by molar-refractivity contribution is -0.128. The largest absolute Gasteiger partial charge is 0.369 e. The van der Waals surface area contributed by atoms with Crippen molar-refractivity contribution in [2.45, 2.75) is 74.4 Å². The molecule has 12 heteroatoms. The van der Waals surface area contributed by atoms with Gasteiger partial charge in [0.25, 0.3) is 0 Å². The number of nitriles is 1. The summed E-state index contributed by atoms with van der Waals surface area (Å²) in [6.07, 6.45) is 0.195. The molecular formula is C28H31F3N4O3S2. The minimum Gasteiger partial charge on any atom is -0.369 e. The predicted molar refractivity (Wildman–Crippen MR) is 146 cm³/mol. The zero-order valence-corrected chi connectivity index (χ0v) is 23.5. The summed E-state index contributed by atoms with van der Waals surface area (Å²) in [5, 5.41) is 12.9. The summed E-state index contributed by atoms with van der Waals surface area (Å²) in [5.41, 5.74) is 1.49. The number of benzene rings is 1. The van der Waals surface area contributed by atoms with Gasteiger partial charge in [-0.05, 0) is 49.8 Å². The molecule has 0 bridgehead atoms. The lowest BCUT2D eigenvalue weighted by Crippen LogP contribution is -2.44. The molecule has 214 valence electrons. The first-order chi connectivity index (χ1) is 19.0. The number of nitrogens with one attached hydrogen (secondary N) is 1. The second kappa shape index (κ2) is 10.0. The Morgan fingerprint density at radius 2 is 1.80 bits per heavy atom. The van der Waals surface area contributed by atoms with E-state index in [1.165, 1.54) is 11.3 Å². The number of thiazole rings is 1. The minimum absolute atomic E-state index is 0.0304. The zero-order valence-electron chi connectivity index (χ0n) is 21.9. The van der Waals surface area contributed by atoms with Crippen LogP contribution < -0.4 is 10.2 Å². The predicted octanol–water partition coefficient (Wildman–Crippen LogP) is 4.95. The first-order valence-electron chi connectivity index (χ1n) is 13.8. The summed E-state index contributed by atoms with van der Waals surface area (Å²) in [6, 6.07) is 9.82. The van der Waals surface area contributed by atoms with Crippen LogP contribution in [0.1, 0.15) is 67.5 Å². The molecule has 2 aromatic rings. The van der Waals surface area contributed by atoms with Crippen LogP contribution in [0, 0.1) is 17.2 Å². The fourth-order valence-electron chi connectivity index (χ4n) is 6.07. The van der Waals surface area contributed by atoms with E-state index in [1.807, 2.05) is 29.2 Å². The van der Waals surface area contributed by atoms with Gasteiger partial charge in [-0.3, -0.25) is 4.79 Å². The number of carbonyl (C=O) groups excluding carboxylic acids is 1. The summed E-state index contributed by atoms with van der Waals surface area (Å²) in [6.45, 7) is 0.835. The van der Waals surface area contributed by atoms with Gasteiger partial charge in [-0.1, -0.05) is 12.1 Å². The van der Waals surface area contributed by atoms with Crippen LogP contribution in [0.2, 0.25) is 0 Å². The lowest BCUT2D eigenvalue weighted by Gasteiger charge is -2.34. The van der Waals surface area contributed by atoms with Crippen molar-refractivity contribution < 1.29 is 26.4 Å². The van der Waals surface area contributed by atoms with Gasteiger partial charge in [-0.2, -0.15) is 5.26 Å². The smallest absolute Gasteiger partial charge is 0.249 e. The molecule has 40 heavy (non-hydrogen) atoms. The van der Waals surface area contributed by atoms with E-state index in [9.17, 15) is 31.6 Å². The third-order valence-corrected chi connectivity index (χ3v) is 11.6. The van der Waals surface area contributed by atoms with Crippen LogP contribution in [0.4, 0.5) is 18.9 Å². The molecule has 7 nitrogen and oxygen atoms in total. The average molecular weight is 593 g/mol. The summed E-state index contributed by atoms with van der Waals surface area (Å²) in [5.74, 6) is -4.30. The first kappa shape index (κ1) is 27.5. The van der Waals surface area contributed by atoms with Gasteiger partial charge in [-0.25, -0.2) is 26.6 Å². The Morgan fingerprint density at radius 1 is 1.12 bits per heavy atom. The van der Waals surface area contributed by atoms with E-state index in [4.69, 9.17) is 4.98 Å². The quantitative estimate of drug-likeness (QED) is 0.509. The molecule has 1 aromatic heterocycles. The molecule has 3 saturated carbocycles. The topological polar surface area (TPSA) is 103 Å². The molecule has 6 rings (SSSR count). The van der Waals surface area contributed by atoms with Crippen LogP contribution in [0.25, 0.3) is 10.4 Å². The molecule has 3 atom stereocenters. The Hall–Kier alpha value is -2.65. The molecule has 2 heterocycles. The van der Waals surface area contributed by atoms with Crippen molar-refractivity contribution >= 4 is 32.8 Å². The number of hydrogen-bond acceptors (Lipinski definition) is 7. The Morgan fingerprint density at radius 3 is 2.40 bits per heavy atom. The number of alkyl halides is 3. The van der Waals surface area contributed by atoms with Crippen molar-refractivity contribution in [2.75, 3.05) is 29.5 Å². The van der Waals surface area contributed by atoms with E-state index in [0.717, 1.165) is 16.1 Å². The number of nitrogens with zero attached hydrogens (tertiary/aromatic N) is 3. The fourth-order valence-corrected chi connectivity index (χ4v) is 8.51. The third kappa shape index (κ3) is 5.47. The second-order valence-electron chi connectivity index (χ2n) is 11.7. The van der Waals surface area contributed by atoms with E-state index in [-0.39, 0.29) is 49.0 Å². The fraction of sp³-hybridized carbons (Fsp3) is 0.607. The number of anilines is 1. The van der Waals surface area contributed by atoms with Gasteiger partial charge in [0.15, 0.2) is 9.84 Å². The van der Waals surface area contributed by atoms with E-state index >= 15 is 0 Å². The Bertz CT molecular complexity index is 1430. The molecular weight excluding hydrogens is 561 g/mol. The molecule has 0 radical (unpaired) electrons. The highest BCUT2D eigenvalue weighted by Gasteiger charge is 2.50. The van der Waals surface area contributed by atoms with E-state index in [2.05, 4.69) is 11.4 Å². The maximum atomic E-state index is 14.6. The number of halogens is 3. The molecule has 1 N–H and O–H groups in total. The van der Waals surface area contributed by atoms with Crippen molar-refractivity contribution in [3.63, 3.8) is 0 Å². The van der Waals surface area contributed by atoms with E-state index in [0.29, 0.717) is 43.1 Å². The maximum Gasteiger partial charge on any atom is 0.249 e. The summed E-state index contributed by atoms with van der Waals surface area (Å²) in [7, 11) is -3.01. The molecule has 1 amide bonds. The number of aromatic nitrogens is 1. The number of sulfone groups is 1. The highest BCUT2D eigenvalue weighted by molar-refractivity contribution is 7.91. The van der Waals surface area contributed by atoms with Crippen molar-refractivity contribution in [3.05, 3.63) is 35.0 Å². The van der Waals surface area contributed by atoms with E-state index in [1.54, 1.807) is 0 Å². The second-order valence-corrected chi connectivity index (χ2v) is 15.1. The van der Waals surface area contributed by atoms with Crippen LogP contribution in [-0.2, 0) is 14.6 Å². The van der Waals surface area contributed by atoms with Gasteiger partial charge in [0, 0.05) is 49.4 Å². The molecule has 1 aliphatic heterocycles. The number of carbonyl (C=O) groups is 1. The Labute approximate surface area is 235 Å². The van der Waals surface area contributed by atoms with Crippen molar-refractivity contribution in [3.8, 4) is 16.5 Å². The molecule has 1 aromatic carbocycles. The SMILES string of the molecule is N#CC1(NC(=O)[C@@H]2C[C@@H](F)CC[C@H]2c2nc(C3CC(F)(F)C3)sc2-c2ccc(N3CCS(=O)(=O)CC3)cc2)CC1. The standard InChI is InChI=1S/C28H31F3N4O3S2/c29-19-3-6-21(22(13-19)25(36)34-27(16-32)7-8-27)23-24(39-26(33-23)18-14-28(30,31)15-18)17-1-4-20(5-2-17)35-9-11-40(37,38)12-10-35/h1-2,4-5,18-19,21-22H,3,6-15H2,(H,34,36)/t19-,21+,22+/m0/s1. The van der Waals surface area contributed by atoms with Crippen molar-refractivity contribution in [2.24, 2.45) is 5.92 Å². The molecule has 4 fully saturated rings. The van der Waals surface area contributed by atoms with Gasteiger partial charge in [0.05, 0.1) is 33.2 Å². The highest BCUT2D eigenvalue weighted by atomic mass is 32.2. The maximum absolute atomic E-state index is 14.6. The van der Waals surface area contributed by atoms with Gasteiger partial charge in [0.2, 0.25) is 11.8 Å².